The molecule has 156 valence electrons. The van der Waals surface area contributed by atoms with Gasteiger partial charge in [-0.15, -0.1) is 0 Å². The number of hydrogen-bond acceptors (Lipinski definition) is 2. The van der Waals surface area contributed by atoms with Gasteiger partial charge >= 0.3 is 6.03 Å². The van der Waals surface area contributed by atoms with Gasteiger partial charge in [0.15, 0.2) is 0 Å². The van der Waals surface area contributed by atoms with Crippen molar-refractivity contribution >= 4 is 17.6 Å². The fourth-order valence-corrected chi connectivity index (χ4v) is 3.65. The van der Waals surface area contributed by atoms with Crippen LogP contribution in [0.15, 0.2) is 24.3 Å². The van der Waals surface area contributed by atoms with E-state index in [0.29, 0.717) is 25.2 Å². The van der Waals surface area contributed by atoms with E-state index in [0.717, 1.165) is 32.2 Å². The van der Waals surface area contributed by atoms with Gasteiger partial charge in [0, 0.05) is 31.7 Å². The molecule has 5 nitrogen and oxygen atoms in total. The normalized spacial score (nSPS) is 16.6. The number of unbranched alkanes of at least 4 members (excludes halogenated alkanes) is 5. The van der Waals surface area contributed by atoms with Crippen LogP contribution in [0.25, 0.3) is 0 Å². The lowest BCUT2D eigenvalue weighted by molar-refractivity contribution is -0.133. The molecule has 2 rings (SSSR count). The van der Waals surface area contributed by atoms with Crippen molar-refractivity contribution in [3.63, 3.8) is 0 Å². The summed E-state index contributed by atoms with van der Waals surface area (Å²) in [6.07, 6.45) is 9.70. The molecule has 0 aromatic heterocycles. The smallest absolute Gasteiger partial charge is 0.319 e. The second-order valence-corrected chi connectivity index (χ2v) is 7.71. The lowest BCUT2D eigenvalue weighted by Gasteiger charge is -2.33. The molecule has 1 heterocycles. The maximum atomic E-state index is 13.2. The van der Waals surface area contributed by atoms with Crippen LogP contribution < -0.4 is 10.6 Å². The van der Waals surface area contributed by atoms with E-state index in [9.17, 15) is 14.0 Å². The van der Waals surface area contributed by atoms with Crippen LogP contribution >= 0.6 is 0 Å². The number of carbonyl (C=O) groups excluding carboxylic acids is 2. The summed E-state index contributed by atoms with van der Waals surface area (Å²) in [5.74, 6) is 0.120. The Morgan fingerprint density at radius 1 is 1.18 bits per heavy atom. The first-order valence-electron chi connectivity index (χ1n) is 10.7. The number of likely N-dealkylation sites (tertiary alicyclic amines) is 1. The van der Waals surface area contributed by atoms with Crippen molar-refractivity contribution in [2.45, 2.75) is 64.7 Å². The van der Waals surface area contributed by atoms with Crippen molar-refractivity contribution in [2.75, 3.05) is 25.0 Å². The Hall–Kier alpha value is -2.11. The Morgan fingerprint density at radius 3 is 2.75 bits per heavy atom. The lowest BCUT2D eigenvalue weighted by Crippen LogP contribution is -2.44. The van der Waals surface area contributed by atoms with E-state index in [-0.39, 0.29) is 23.7 Å². The molecule has 0 radical (unpaired) electrons. The molecule has 28 heavy (non-hydrogen) atoms. The molecule has 2 N–H and O–H groups in total. The zero-order chi connectivity index (χ0) is 20.2. The predicted molar refractivity (Wildman–Crippen MR) is 111 cm³/mol. The molecule has 1 saturated heterocycles. The number of carbonyl (C=O) groups is 2. The van der Waals surface area contributed by atoms with E-state index in [2.05, 4.69) is 17.6 Å². The summed E-state index contributed by atoms with van der Waals surface area (Å²) >= 11 is 0. The number of nitrogens with one attached hydrogen (secondary N) is 2. The van der Waals surface area contributed by atoms with Crippen LogP contribution in [0.4, 0.5) is 14.9 Å². The number of piperidine rings is 1. The van der Waals surface area contributed by atoms with E-state index < -0.39 is 0 Å². The van der Waals surface area contributed by atoms with E-state index in [4.69, 9.17) is 0 Å². The minimum atomic E-state index is -0.385. The molecule has 1 unspecified atom stereocenters. The number of hydrogen-bond donors (Lipinski definition) is 2. The van der Waals surface area contributed by atoms with Gasteiger partial charge in [-0.05, 0) is 43.4 Å². The molecule has 6 heteroatoms. The third-order valence-electron chi connectivity index (χ3n) is 5.25. The predicted octanol–water partition coefficient (Wildman–Crippen LogP) is 4.94. The first-order chi connectivity index (χ1) is 13.6. The highest BCUT2D eigenvalue weighted by Crippen LogP contribution is 2.18. The van der Waals surface area contributed by atoms with Crippen LogP contribution in [-0.4, -0.2) is 36.5 Å². The maximum absolute atomic E-state index is 13.2. The first-order valence-corrected chi connectivity index (χ1v) is 10.7. The molecule has 0 saturated carbocycles. The number of halogens is 1. The molecule has 0 aliphatic carbocycles. The largest absolute Gasteiger partial charge is 0.342 e. The lowest BCUT2D eigenvalue weighted by atomic mass is 9.97. The molecule has 1 aromatic rings. The number of amides is 3. The summed E-state index contributed by atoms with van der Waals surface area (Å²) in [6, 6.07) is 5.47. The zero-order valence-electron chi connectivity index (χ0n) is 17.0. The molecular formula is C22H34FN3O2. The maximum Gasteiger partial charge on any atom is 0.319 e. The number of rotatable bonds is 10. The summed E-state index contributed by atoms with van der Waals surface area (Å²) in [6.45, 7) is 4.24. The number of urea groups is 1. The van der Waals surface area contributed by atoms with Gasteiger partial charge in [-0.25, -0.2) is 9.18 Å². The molecule has 3 amide bonds. The van der Waals surface area contributed by atoms with Crippen LogP contribution in [0.1, 0.15) is 64.7 Å². The van der Waals surface area contributed by atoms with Crippen LogP contribution in [0.3, 0.4) is 0 Å². The van der Waals surface area contributed by atoms with Crippen molar-refractivity contribution in [2.24, 2.45) is 5.92 Å². The minimum absolute atomic E-state index is 0.240. The van der Waals surface area contributed by atoms with Gasteiger partial charge in [0.05, 0.1) is 0 Å². The quantitative estimate of drug-likeness (QED) is 0.555. The number of nitrogens with zero attached hydrogens (tertiary/aromatic N) is 1. The molecule has 0 bridgehead atoms. The Labute approximate surface area is 168 Å². The van der Waals surface area contributed by atoms with Crippen LogP contribution in [0.2, 0.25) is 0 Å². The van der Waals surface area contributed by atoms with Gasteiger partial charge in [-0.1, -0.05) is 45.1 Å². The van der Waals surface area contributed by atoms with Crippen LogP contribution in [0, 0.1) is 11.7 Å². The summed E-state index contributed by atoms with van der Waals surface area (Å²) in [5.41, 5.74) is 0.428. The minimum Gasteiger partial charge on any atom is -0.342 e. The van der Waals surface area contributed by atoms with Gasteiger partial charge in [0.2, 0.25) is 5.91 Å². The van der Waals surface area contributed by atoms with Crippen LogP contribution in [0.5, 0.6) is 0 Å². The molecule has 1 fully saturated rings. The van der Waals surface area contributed by atoms with E-state index >= 15 is 0 Å². The summed E-state index contributed by atoms with van der Waals surface area (Å²) in [5, 5.41) is 5.48. The van der Waals surface area contributed by atoms with E-state index in [1.807, 2.05) is 4.90 Å². The third-order valence-corrected chi connectivity index (χ3v) is 5.25. The second kappa shape index (κ2) is 12.4. The van der Waals surface area contributed by atoms with Crippen molar-refractivity contribution in [3.8, 4) is 0 Å². The SMILES string of the molecule is CCCCCCCCC(=O)N1CCCC(CNC(=O)Nc2cccc(F)c2)C1. The van der Waals surface area contributed by atoms with Gasteiger partial charge in [0.1, 0.15) is 5.82 Å². The highest BCUT2D eigenvalue weighted by atomic mass is 19.1. The highest BCUT2D eigenvalue weighted by molar-refractivity contribution is 5.89. The average molecular weight is 392 g/mol. The fraction of sp³-hybridized carbons (Fsp3) is 0.636. The van der Waals surface area contributed by atoms with Crippen molar-refractivity contribution < 1.29 is 14.0 Å². The summed E-state index contributed by atoms with van der Waals surface area (Å²) in [7, 11) is 0. The topological polar surface area (TPSA) is 61.4 Å². The Bertz CT molecular complexity index is 624. The Balaban J connectivity index is 1.65. The first kappa shape index (κ1) is 22.2. The van der Waals surface area contributed by atoms with Gasteiger partial charge in [-0.3, -0.25) is 4.79 Å². The molecule has 1 atom stereocenters. The molecule has 1 aromatic carbocycles. The molecule has 1 aliphatic heterocycles. The van der Waals surface area contributed by atoms with E-state index in [1.54, 1.807) is 12.1 Å². The monoisotopic (exact) mass is 391 g/mol. The summed E-state index contributed by atoms with van der Waals surface area (Å²) < 4.78 is 13.2. The van der Waals surface area contributed by atoms with Crippen molar-refractivity contribution in [1.82, 2.24) is 10.2 Å². The number of benzene rings is 1. The van der Waals surface area contributed by atoms with Crippen LogP contribution in [-0.2, 0) is 4.79 Å². The molecule has 0 spiro atoms. The fourth-order valence-electron chi connectivity index (χ4n) is 3.65. The standard InChI is InChI=1S/C22H34FN3O2/c1-2-3-4-5-6-7-13-21(27)26-14-9-10-18(17-26)16-24-22(28)25-20-12-8-11-19(23)15-20/h8,11-12,15,18H,2-7,9-10,13-14,16-17H2,1H3,(H2,24,25,28). The van der Waals surface area contributed by atoms with Crippen molar-refractivity contribution in [3.05, 3.63) is 30.1 Å². The number of anilines is 1. The Morgan fingerprint density at radius 2 is 1.96 bits per heavy atom. The molecule has 1 aliphatic rings. The van der Waals surface area contributed by atoms with Gasteiger partial charge < -0.3 is 15.5 Å². The third kappa shape index (κ3) is 8.28. The average Bonchev–Trinajstić information content (AvgIpc) is 2.69. The van der Waals surface area contributed by atoms with Gasteiger partial charge in [0.25, 0.3) is 0 Å². The highest BCUT2D eigenvalue weighted by Gasteiger charge is 2.23. The van der Waals surface area contributed by atoms with E-state index in [1.165, 1.54) is 37.8 Å². The van der Waals surface area contributed by atoms with Gasteiger partial charge in [-0.2, -0.15) is 0 Å². The van der Waals surface area contributed by atoms with Crippen molar-refractivity contribution in [1.29, 1.82) is 0 Å². The second-order valence-electron chi connectivity index (χ2n) is 7.71. The summed E-state index contributed by atoms with van der Waals surface area (Å²) in [4.78, 5) is 26.4. The Kier molecular flexibility index (Phi) is 9.80. The zero-order valence-corrected chi connectivity index (χ0v) is 17.0. The molecular weight excluding hydrogens is 357 g/mol.